The lowest BCUT2D eigenvalue weighted by Gasteiger charge is -2.39. The summed E-state index contributed by atoms with van der Waals surface area (Å²) in [6, 6.07) is 0.516. The highest BCUT2D eigenvalue weighted by atomic mass is 16.2. The number of carbonyl (C=O) groups excluding carboxylic acids is 1. The summed E-state index contributed by atoms with van der Waals surface area (Å²) < 4.78 is 0. The molecule has 4 nitrogen and oxygen atoms in total. The zero-order chi connectivity index (χ0) is 20.6. The van der Waals surface area contributed by atoms with Gasteiger partial charge < -0.3 is 9.80 Å². The average Bonchev–Trinajstić information content (AvgIpc) is 3.39. The molecule has 162 valence electrons. The summed E-state index contributed by atoms with van der Waals surface area (Å²) in [5.74, 6) is 1.79. The maximum absolute atomic E-state index is 12.6. The molecule has 30 heavy (non-hydrogen) atoms. The Kier molecular flexibility index (Phi) is 5.72. The number of piperazine rings is 1. The van der Waals surface area contributed by atoms with Gasteiger partial charge in [-0.25, -0.2) is 0 Å². The minimum absolute atomic E-state index is 0.347. The SMILES string of the molecule is CCN1CC2CC2(C2=CCC(N3CCN(C(=O)CCC4C=CC=CC4)CC3)C=C2)C1. The first-order valence-corrected chi connectivity index (χ1v) is 12.1. The van der Waals surface area contributed by atoms with E-state index in [9.17, 15) is 4.79 Å². The lowest BCUT2D eigenvalue weighted by molar-refractivity contribution is -0.133. The van der Waals surface area contributed by atoms with Gasteiger partial charge in [0, 0.05) is 57.1 Å². The van der Waals surface area contributed by atoms with Gasteiger partial charge in [0.15, 0.2) is 0 Å². The van der Waals surface area contributed by atoms with Crippen LogP contribution >= 0.6 is 0 Å². The number of piperidine rings is 1. The molecular formula is C26H37N3O. The molecule has 1 saturated carbocycles. The number of carbonyl (C=O) groups is 1. The van der Waals surface area contributed by atoms with Gasteiger partial charge >= 0.3 is 0 Å². The van der Waals surface area contributed by atoms with Crippen molar-refractivity contribution in [3.8, 4) is 0 Å². The monoisotopic (exact) mass is 407 g/mol. The number of hydrogen-bond donors (Lipinski definition) is 0. The molecule has 0 bridgehead atoms. The normalized spacial score (nSPS) is 36.1. The minimum atomic E-state index is 0.347. The van der Waals surface area contributed by atoms with E-state index in [4.69, 9.17) is 0 Å². The highest BCUT2D eigenvalue weighted by Gasteiger charge is 2.60. The topological polar surface area (TPSA) is 26.8 Å². The number of allylic oxidation sites excluding steroid dienone is 5. The Bertz CT molecular complexity index is 773. The van der Waals surface area contributed by atoms with Crippen LogP contribution in [0.1, 0.15) is 39.0 Å². The van der Waals surface area contributed by atoms with E-state index >= 15 is 0 Å². The molecule has 5 aliphatic rings. The summed E-state index contributed by atoms with van der Waals surface area (Å²) in [5.41, 5.74) is 2.10. The fourth-order valence-electron chi connectivity index (χ4n) is 6.14. The maximum atomic E-state index is 12.6. The van der Waals surface area contributed by atoms with E-state index in [0.717, 1.165) is 51.4 Å². The first-order chi connectivity index (χ1) is 14.7. The molecular weight excluding hydrogens is 370 g/mol. The van der Waals surface area contributed by atoms with Crippen LogP contribution in [0.25, 0.3) is 0 Å². The Morgan fingerprint density at radius 2 is 2.00 bits per heavy atom. The van der Waals surface area contributed by atoms with Crippen LogP contribution in [0.2, 0.25) is 0 Å². The molecule has 0 aromatic heterocycles. The predicted octanol–water partition coefficient (Wildman–Crippen LogP) is 3.64. The van der Waals surface area contributed by atoms with Crippen molar-refractivity contribution >= 4 is 5.91 Å². The molecule has 0 aromatic carbocycles. The third-order valence-corrected chi connectivity index (χ3v) is 8.25. The largest absolute Gasteiger partial charge is 0.340 e. The number of hydrogen-bond acceptors (Lipinski definition) is 3. The van der Waals surface area contributed by atoms with E-state index in [-0.39, 0.29) is 0 Å². The van der Waals surface area contributed by atoms with Crippen LogP contribution in [-0.4, -0.2) is 72.5 Å². The van der Waals surface area contributed by atoms with Crippen molar-refractivity contribution < 1.29 is 4.79 Å². The third kappa shape index (κ3) is 3.97. The molecule has 3 fully saturated rings. The van der Waals surface area contributed by atoms with Crippen LogP contribution in [0, 0.1) is 17.3 Å². The zero-order valence-corrected chi connectivity index (χ0v) is 18.5. The van der Waals surface area contributed by atoms with E-state index < -0.39 is 0 Å². The Morgan fingerprint density at radius 1 is 1.13 bits per heavy atom. The summed E-state index contributed by atoms with van der Waals surface area (Å²) in [5, 5.41) is 0. The van der Waals surface area contributed by atoms with Gasteiger partial charge in [0.25, 0.3) is 0 Å². The van der Waals surface area contributed by atoms with Crippen LogP contribution in [0.5, 0.6) is 0 Å². The number of nitrogens with zero attached hydrogens (tertiary/aromatic N) is 3. The number of fused-ring (bicyclic) bond motifs is 1. The first-order valence-electron chi connectivity index (χ1n) is 12.1. The number of rotatable bonds is 6. The smallest absolute Gasteiger partial charge is 0.222 e. The van der Waals surface area contributed by atoms with Gasteiger partial charge in [-0.15, -0.1) is 0 Å². The molecule has 3 aliphatic carbocycles. The van der Waals surface area contributed by atoms with Crippen LogP contribution in [0.15, 0.2) is 48.1 Å². The second-order valence-corrected chi connectivity index (χ2v) is 9.97. The molecule has 4 unspecified atom stereocenters. The van der Waals surface area contributed by atoms with Gasteiger partial charge in [0.05, 0.1) is 0 Å². The van der Waals surface area contributed by atoms with Crippen molar-refractivity contribution in [2.75, 3.05) is 45.8 Å². The second kappa shape index (κ2) is 8.47. The Balaban J connectivity index is 1.07. The standard InChI is InChI=1S/C26H37N3O/c1-2-27-19-23-18-26(23,20-27)22-9-11-24(12-10-22)28-14-16-29(17-15-28)25(30)13-8-21-6-4-3-5-7-21/h3-6,9-11,21,23-24H,2,7-8,12-20H2,1H3. The van der Waals surface area contributed by atoms with Crippen LogP contribution in [0.3, 0.4) is 0 Å². The summed E-state index contributed by atoms with van der Waals surface area (Å²) >= 11 is 0. The highest BCUT2D eigenvalue weighted by molar-refractivity contribution is 5.76. The van der Waals surface area contributed by atoms with E-state index in [0.29, 0.717) is 29.7 Å². The fourth-order valence-corrected chi connectivity index (χ4v) is 6.14. The molecule has 0 spiro atoms. The fraction of sp³-hybridized carbons (Fsp3) is 0.654. The van der Waals surface area contributed by atoms with Gasteiger partial charge in [-0.1, -0.05) is 49.5 Å². The molecule has 2 saturated heterocycles. The molecule has 1 amide bonds. The average molecular weight is 408 g/mol. The van der Waals surface area contributed by atoms with E-state index in [1.807, 2.05) is 0 Å². The molecule has 2 heterocycles. The minimum Gasteiger partial charge on any atom is -0.340 e. The lowest BCUT2D eigenvalue weighted by Crippen LogP contribution is -2.51. The summed E-state index contributed by atoms with van der Waals surface area (Å²) in [6.45, 7) is 9.83. The molecule has 4 heteroatoms. The first kappa shape index (κ1) is 20.3. The van der Waals surface area contributed by atoms with E-state index in [1.54, 1.807) is 5.57 Å². The number of amides is 1. The summed E-state index contributed by atoms with van der Waals surface area (Å²) in [7, 11) is 0. The molecule has 0 aromatic rings. The highest BCUT2D eigenvalue weighted by Crippen LogP contribution is 2.62. The quantitative estimate of drug-likeness (QED) is 0.673. The van der Waals surface area contributed by atoms with Crippen molar-refractivity contribution in [3.05, 3.63) is 48.1 Å². The van der Waals surface area contributed by atoms with Gasteiger partial charge in [0.1, 0.15) is 0 Å². The summed E-state index contributed by atoms with van der Waals surface area (Å²) in [6.07, 6.45) is 21.4. The molecule has 4 atom stereocenters. The van der Waals surface area contributed by atoms with Gasteiger partial charge in [0.2, 0.25) is 5.91 Å². The van der Waals surface area contributed by atoms with Gasteiger partial charge in [-0.3, -0.25) is 9.69 Å². The zero-order valence-electron chi connectivity index (χ0n) is 18.5. The van der Waals surface area contributed by atoms with Crippen molar-refractivity contribution in [2.45, 2.75) is 45.1 Å². The van der Waals surface area contributed by atoms with Crippen LogP contribution in [0.4, 0.5) is 0 Å². The van der Waals surface area contributed by atoms with Crippen molar-refractivity contribution in [2.24, 2.45) is 17.3 Å². The molecule has 0 N–H and O–H groups in total. The van der Waals surface area contributed by atoms with Crippen LogP contribution < -0.4 is 0 Å². The maximum Gasteiger partial charge on any atom is 0.222 e. The van der Waals surface area contributed by atoms with Crippen LogP contribution in [-0.2, 0) is 4.79 Å². The van der Waals surface area contributed by atoms with E-state index in [1.165, 1.54) is 26.1 Å². The second-order valence-electron chi connectivity index (χ2n) is 9.97. The van der Waals surface area contributed by atoms with E-state index in [2.05, 4.69) is 64.2 Å². The van der Waals surface area contributed by atoms with Crippen molar-refractivity contribution in [1.29, 1.82) is 0 Å². The molecule has 0 radical (unpaired) electrons. The Labute approximate surface area is 182 Å². The van der Waals surface area contributed by atoms with Gasteiger partial charge in [-0.2, -0.15) is 0 Å². The molecule has 2 aliphatic heterocycles. The lowest BCUT2D eigenvalue weighted by atomic mass is 9.88. The molecule has 5 rings (SSSR count). The third-order valence-electron chi connectivity index (χ3n) is 8.25. The van der Waals surface area contributed by atoms with Gasteiger partial charge in [-0.05, 0) is 49.6 Å². The van der Waals surface area contributed by atoms with Crippen molar-refractivity contribution in [1.82, 2.24) is 14.7 Å². The Morgan fingerprint density at radius 3 is 2.67 bits per heavy atom. The number of likely N-dealkylation sites (tertiary alicyclic amines) is 1. The van der Waals surface area contributed by atoms with Crippen molar-refractivity contribution in [3.63, 3.8) is 0 Å². The Hall–Kier alpha value is -1.65. The summed E-state index contributed by atoms with van der Waals surface area (Å²) in [4.78, 5) is 19.9. The predicted molar refractivity (Wildman–Crippen MR) is 122 cm³/mol.